The summed E-state index contributed by atoms with van der Waals surface area (Å²) in [7, 11) is 0. The van der Waals surface area contributed by atoms with Crippen LogP contribution in [0.25, 0.3) is 0 Å². The van der Waals surface area contributed by atoms with E-state index in [4.69, 9.17) is 22.1 Å². The summed E-state index contributed by atoms with van der Waals surface area (Å²) in [6.45, 7) is 10.3. The van der Waals surface area contributed by atoms with Crippen molar-refractivity contribution >= 4 is 28.8 Å². The summed E-state index contributed by atoms with van der Waals surface area (Å²) in [5.41, 5.74) is 12.5. The number of non-ortho nitro benzene ring substituents is 1. The summed E-state index contributed by atoms with van der Waals surface area (Å²) in [6, 6.07) is 18.2. The molecule has 0 bridgehead atoms. The molecule has 2 aliphatic rings. The lowest BCUT2D eigenvalue weighted by Gasteiger charge is -2.44. The number of carbonyl (C=O) groups is 1. The second kappa shape index (κ2) is 11.2. The number of aryl methyl sites for hydroxylation is 3. The molecule has 0 saturated heterocycles. The number of Topliss-reactive ketones (excluding diaryl/α,β-unsaturated/α-hetero) is 1. The molecule has 5 rings (SSSR count). The van der Waals surface area contributed by atoms with Gasteiger partial charge in [-0.2, -0.15) is 5.26 Å². The van der Waals surface area contributed by atoms with Crippen LogP contribution in [0.3, 0.4) is 0 Å². The predicted octanol–water partition coefficient (Wildman–Crippen LogP) is 7.69. The number of rotatable bonds is 6. The maximum atomic E-state index is 14.0. The van der Waals surface area contributed by atoms with Crippen LogP contribution in [-0.4, -0.2) is 10.7 Å². The molecule has 1 heterocycles. The molecule has 1 unspecified atom stereocenters. The molecule has 9 heteroatoms. The maximum absolute atomic E-state index is 14.0. The van der Waals surface area contributed by atoms with Crippen molar-refractivity contribution in [3.63, 3.8) is 0 Å². The van der Waals surface area contributed by atoms with Crippen LogP contribution < -0.4 is 15.4 Å². The summed E-state index contributed by atoms with van der Waals surface area (Å²) in [4.78, 5) is 26.7. The highest BCUT2D eigenvalue weighted by molar-refractivity contribution is 6.33. The Bertz CT molecular complexity index is 1770. The third kappa shape index (κ3) is 5.61. The zero-order valence-electron chi connectivity index (χ0n) is 24.8. The largest absolute Gasteiger partial charge is 0.489 e. The van der Waals surface area contributed by atoms with Crippen molar-refractivity contribution in [2.24, 2.45) is 11.1 Å². The van der Waals surface area contributed by atoms with Crippen molar-refractivity contribution in [1.82, 2.24) is 0 Å². The Morgan fingerprint density at radius 2 is 1.79 bits per heavy atom. The summed E-state index contributed by atoms with van der Waals surface area (Å²) in [6.07, 6.45) is 0.739. The Kier molecular flexibility index (Phi) is 7.80. The van der Waals surface area contributed by atoms with E-state index in [2.05, 4.69) is 6.07 Å². The average molecular weight is 597 g/mol. The number of halogens is 1. The monoisotopic (exact) mass is 596 g/mol. The third-order valence-corrected chi connectivity index (χ3v) is 8.53. The highest BCUT2D eigenvalue weighted by atomic mass is 35.5. The van der Waals surface area contributed by atoms with Crippen LogP contribution in [0.1, 0.15) is 60.4 Å². The number of allylic oxidation sites excluding steroid dienone is 3. The van der Waals surface area contributed by atoms with Gasteiger partial charge in [-0.15, -0.1) is 0 Å². The van der Waals surface area contributed by atoms with Gasteiger partial charge in [0.15, 0.2) is 5.78 Å². The fourth-order valence-electron chi connectivity index (χ4n) is 6.06. The first kappa shape index (κ1) is 29.9. The van der Waals surface area contributed by atoms with E-state index in [1.165, 1.54) is 18.2 Å². The van der Waals surface area contributed by atoms with Crippen molar-refractivity contribution in [3.05, 3.63) is 120 Å². The fraction of sp³-hybridized carbons (Fsp3) is 0.294. The van der Waals surface area contributed by atoms with Gasteiger partial charge in [0.25, 0.3) is 5.69 Å². The van der Waals surface area contributed by atoms with E-state index in [0.29, 0.717) is 24.3 Å². The van der Waals surface area contributed by atoms with Gasteiger partial charge in [-0.25, -0.2) is 0 Å². The van der Waals surface area contributed by atoms with Crippen molar-refractivity contribution in [2.45, 2.75) is 60.0 Å². The molecule has 3 aromatic rings. The molecule has 1 aliphatic carbocycles. The Morgan fingerprint density at radius 3 is 2.44 bits per heavy atom. The number of anilines is 1. The van der Waals surface area contributed by atoms with Gasteiger partial charge in [0.1, 0.15) is 18.2 Å². The molecule has 43 heavy (non-hydrogen) atoms. The van der Waals surface area contributed by atoms with Gasteiger partial charge in [0.2, 0.25) is 0 Å². The van der Waals surface area contributed by atoms with E-state index in [1.54, 1.807) is 4.90 Å². The van der Waals surface area contributed by atoms with E-state index in [-0.39, 0.29) is 40.0 Å². The van der Waals surface area contributed by atoms with Gasteiger partial charge in [-0.1, -0.05) is 55.3 Å². The van der Waals surface area contributed by atoms with Gasteiger partial charge in [0.05, 0.1) is 33.2 Å². The second-order valence-electron chi connectivity index (χ2n) is 12.1. The Morgan fingerprint density at radius 1 is 1.09 bits per heavy atom. The lowest BCUT2D eigenvalue weighted by molar-refractivity contribution is -0.384. The van der Waals surface area contributed by atoms with Crippen LogP contribution in [0.2, 0.25) is 5.02 Å². The molecule has 0 aromatic heterocycles. The Balaban J connectivity index is 1.69. The van der Waals surface area contributed by atoms with Gasteiger partial charge in [-0.3, -0.25) is 19.8 Å². The van der Waals surface area contributed by atoms with E-state index < -0.39 is 16.3 Å². The van der Waals surface area contributed by atoms with Crippen LogP contribution >= 0.6 is 11.6 Å². The zero-order valence-corrected chi connectivity index (χ0v) is 25.6. The number of nitro groups is 1. The molecule has 1 aliphatic heterocycles. The summed E-state index contributed by atoms with van der Waals surface area (Å²) in [5.74, 6) is 0.0268. The predicted molar refractivity (Wildman–Crippen MR) is 167 cm³/mol. The van der Waals surface area contributed by atoms with E-state index in [9.17, 15) is 20.2 Å². The first-order valence-electron chi connectivity index (χ1n) is 14.0. The molecule has 3 aromatic carbocycles. The number of ether oxygens (including phenoxy) is 1. The van der Waals surface area contributed by atoms with Crippen LogP contribution in [0.5, 0.6) is 5.75 Å². The van der Waals surface area contributed by atoms with Crippen LogP contribution in [0.15, 0.2) is 77.3 Å². The molecule has 0 fully saturated rings. The summed E-state index contributed by atoms with van der Waals surface area (Å²) >= 11 is 6.59. The van der Waals surface area contributed by atoms with Crippen LogP contribution in [-0.2, 0) is 11.4 Å². The first-order chi connectivity index (χ1) is 20.3. The lowest BCUT2D eigenvalue weighted by Crippen LogP contribution is -2.42. The van der Waals surface area contributed by atoms with Crippen LogP contribution in [0.4, 0.5) is 11.4 Å². The highest BCUT2D eigenvalue weighted by Gasteiger charge is 2.45. The molecule has 0 radical (unpaired) electrons. The number of nitrogens with two attached hydrogens (primary N) is 1. The molecule has 0 spiro atoms. The minimum Gasteiger partial charge on any atom is -0.489 e. The van der Waals surface area contributed by atoms with E-state index in [0.717, 1.165) is 33.6 Å². The highest BCUT2D eigenvalue weighted by Crippen LogP contribution is 2.52. The lowest BCUT2D eigenvalue weighted by atomic mass is 9.68. The van der Waals surface area contributed by atoms with Crippen molar-refractivity contribution < 1.29 is 14.5 Å². The van der Waals surface area contributed by atoms with Crippen LogP contribution in [0, 0.1) is 47.6 Å². The fourth-order valence-corrected chi connectivity index (χ4v) is 6.26. The molecular formula is C34H33ClN4O4. The zero-order chi connectivity index (χ0) is 31.2. The van der Waals surface area contributed by atoms with E-state index >= 15 is 0 Å². The number of nitrogens with zero attached hydrogens (tertiary/aromatic N) is 3. The van der Waals surface area contributed by atoms with Gasteiger partial charge >= 0.3 is 0 Å². The topological polar surface area (TPSA) is 122 Å². The normalized spacial score (nSPS) is 17.9. The number of hydrogen-bond donors (Lipinski definition) is 1. The molecule has 2 N–H and O–H groups in total. The molecule has 0 amide bonds. The maximum Gasteiger partial charge on any atom is 0.271 e. The Labute approximate surface area is 256 Å². The molecule has 1 atom stereocenters. The number of ketones is 1. The summed E-state index contributed by atoms with van der Waals surface area (Å²) < 4.78 is 6.10. The van der Waals surface area contributed by atoms with Crippen molar-refractivity contribution in [1.29, 1.82) is 5.26 Å². The van der Waals surface area contributed by atoms with Gasteiger partial charge in [0, 0.05) is 29.8 Å². The number of carbonyl (C=O) groups excluding carboxylic acids is 1. The first-order valence-corrected chi connectivity index (χ1v) is 14.4. The SMILES string of the molecule is Cc1ccc(OCc2cc(C3C(C#N)=C(N)N(c4cc([N+](=O)[O-])ccc4Cl)C4=C3C(=O)CC(C)(C)C4)c(C)cc2C)cc1. The van der Waals surface area contributed by atoms with Gasteiger partial charge in [-0.05, 0) is 73.1 Å². The second-order valence-corrected chi connectivity index (χ2v) is 12.5. The average Bonchev–Trinajstić information content (AvgIpc) is 2.93. The molecular weight excluding hydrogens is 564 g/mol. The minimum atomic E-state index is -0.712. The van der Waals surface area contributed by atoms with Crippen molar-refractivity contribution in [2.75, 3.05) is 4.90 Å². The number of nitriles is 1. The standard InChI is InChI=1S/C34H33ClN4O4/c1-19-6-9-24(10-7-19)43-18-22-13-25(21(3)12-20(22)2)31-26(17-36)33(37)38(28-14-23(39(41)42)8-11-27(28)35)29-15-34(4,5)16-30(40)32(29)31/h6-14,31H,15-16,18,37H2,1-5H3. The Hall–Kier alpha value is -4.61. The number of benzene rings is 3. The minimum absolute atomic E-state index is 0.0941. The van der Waals surface area contributed by atoms with E-state index in [1.807, 2.05) is 71.0 Å². The molecule has 220 valence electrons. The number of hydrogen-bond acceptors (Lipinski definition) is 7. The third-order valence-electron chi connectivity index (χ3n) is 8.21. The summed E-state index contributed by atoms with van der Waals surface area (Å²) in [5, 5.41) is 22.4. The number of nitro benzene ring substituents is 1. The van der Waals surface area contributed by atoms with Gasteiger partial charge < -0.3 is 10.5 Å². The van der Waals surface area contributed by atoms with Crippen molar-refractivity contribution in [3.8, 4) is 11.8 Å². The smallest absolute Gasteiger partial charge is 0.271 e. The molecule has 8 nitrogen and oxygen atoms in total. The molecule has 0 saturated carbocycles. The quantitative estimate of drug-likeness (QED) is 0.228.